The molecule has 18 heavy (non-hydrogen) atoms. The molecule has 0 aromatic carbocycles. The molecule has 0 unspecified atom stereocenters. The van der Waals surface area contributed by atoms with Crippen molar-refractivity contribution in [3.05, 3.63) is 23.0 Å². The molecule has 1 atom stereocenters. The monoisotopic (exact) mass is 269 g/mol. The highest BCUT2D eigenvalue weighted by Gasteiger charge is 2.19. The van der Waals surface area contributed by atoms with Crippen LogP contribution in [0.25, 0.3) is 0 Å². The van der Waals surface area contributed by atoms with Crippen LogP contribution in [0.3, 0.4) is 0 Å². The van der Waals surface area contributed by atoms with Gasteiger partial charge >= 0.3 is 5.97 Å². The van der Waals surface area contributed by atoms with Gasteiger partial charge in [-0.15, -0.1) is 0 Å². The number of halogens is 1. The molecule has 0 amide bonds. The van der Waals surface area contributed by atoms with Crippen LogP contribution < -0.4 is 10.6 Å². The smallest absolute Gasteiger partial charge is 0.341 e. The molecule has 0 radical (unpaired) electrons. The van der Waals surface area contributed by atoms with Crippen molar-refractivity contribution in [2.45, 2.75) is 19.4 Å². The second-order valence-corrected chi connectivity index (χ2v) is 4.49. The molecule has 2 N–H and O–H groups in total. The summed E-state index contributed by atoms with van der Waals surface area (Å²) in [4.78, 5) is 15.7. The van der Waals surface area contributed by atoms with Crippen molar-refractivity contribution in [1.29, 1.82) is 0 Å². The molecular weight excluding hydrogens is 254 g/mol. The van der Waals surface area contributed by atoms with E-state index in [0.29, 0.717) is 29.1 Å². The average molecular weight is 270 g/mol. The first-order chi connectivity index (χ1) is 8.70. The minimum atomic E-state index is -0.380. The zero-order valence-electron chi connectivity index (χ0n) is 10.2. The molecule has 0 aliphatic carbocycles. The molecule has 1 saturated heterocycles. The van der Waals surface area contributed by atoms with Crippen LogP contribution in [-0.2, 0) is 4.74 Å². The maximum Gasteiger partial charge on any atom is 0.341 e. The molecule has 1 aliphatic rings. The summed E-state index contributed by atoms with van der Waals surface area (Å²) in [5, 5.41) is 6.91. The van der Waals surface area contributed by atoms with E-state index in [4.69, 9.17) is 16.3 Å². The molecule has 1 aromatic heterocycles. The number of anilines is 1. The molecule has 98 valence electrons. The predicted octanol–water partition coefficient (Wildman–Crippen LogP) is 1.69. The van der Waals surface area contributed by atoms with E-state index in [0.717, 1.165) is 19.5 Å². The van der Waals surface area contributed by atoms with Crippen molar-refractivity contribution in [3.63, 3.8) is 0 Å². The highest BCUT2D eigenvalue weighted by Crippen LogP contribution is 2.21. The van der Waals surface area contributed by atoms with E-state index in [1.54, 1.807) is 13.0 Å². The lowest BCUT2D eigenvalue weighted by Crippen LogP contribution is -2.23. The summed E-state index contributed by atoms with van der Waals surface area (Å²) in [6, 6.07) is 1.96. The van der Waals surface area contributed by atoms with E-state index in [1.807, 2.05) is 0 Å². The quantitative estimate of drug-likeness (QED) is 0.643. The number of nitrogens with zero attached hydrogens (tertiary/aromatic N) is 1. The van der Waals surface area contributed by atoms with Crippen molar-refractivity contribution in [2.75, 3.05) is 25.0 Å². The molecule has 2 rings (SSSR count). The lowest BCUT2D eigenvalue weighted by atomic mass is 10.2. The third-order valence-electron chi connectivity index (χ3n) is 2.79. The number of rotatable bonds is 4. The van der Waals surface area contributed by atoms with Crippen molar-refractivity contribution in [2.24, 2.45) is 0 Å². The summed E-state index contributed by atoms with van der Waals surface area (Å²) in [7, 11) is 0. The van der Waals surface area contributed by atoms with E-state index in [2.05, 4.69) is 15.6 Å². The molecule has 0 spiro atoms. The van der Waals surface area contributed by atoms with Crippen LogP contribution in [0.5, 0.6) is 0 Å². The maximum absolute atomic E-state index is 11.8. The van der Waals surface area contributed by atoms with Gasteiger partial charge in [0.15, 0.2) is 0 Å². The van der Waals surface area contributed by atoms with Gasteiger partial charge in [0.25, 0.3) is 0 Å². The maximum atomic E-state index is 11.8. The van der Waals surface area contributed by atoms with Gasteiger partial charge in [-0.2, -0.15) is 0 Å². The Hall–Kier alpha value is -1.33. The lowest BCUT2D eigenvalue weighted by Gasteiger charge is -2.15. The number of ether oxygens (including phenoxy) is 1. The van der Waals surface area contributed by atoms with Crippen LogP contribution in [0, 0.1) is 0 Å². The van der Waals surface area contributed by atoms with Crippen molar-refractivity contribution in [3.8, 4) is 0 Å². The SMILES string of the molecule is CCOC(=O)c1cnc(Cl)cc1N[C@H]1CCNC1. The van der Waals surface area contributed by atoms with Gasteiger partial charge in [0.2, 0.25) is 0 Å². The molecule has 1 aromatic rings. The van der Waals surface area contributed by atoms with Gasteiger partial charge in [-0.1, -0.05) is 11.6 Å². The van der Waals surface area contributed by atoms with Crippen LogP contribution in [0.15, 0.2) is 12.3 Å². The summed E-state index contributed by atoms with van der Waals surface area (Å²) in [6.45, 7) is 3.97. The normalized spacial score (nSPS) is 18.7. The minimum absolute atomic E-state index is 0.302. The fourth-order valence-electron chi connectivity index (χ4n) is 1.92. The Bertz CT molecular complexity index is 433. The Balaban J connectivity index is 2.19. The van der Waals surface area contributed by atoms with E-state index in [-0.39, 0.29) is 5.97 Å². The Morgan fingerprint density at radius 3 is 3.22 bits per heavy atom. The van der Waals surface area contributed by atoms with Crippen molar-refractivity contribution in [1.82, 2.24) is 10.3 Å². The van der Waals surface area contributed by atoms with E-state index in [1.165, 1.54) is 6.20 Å². The molecule has 0 saturated carbocycles. The number of carbonyl (C=O) groups is 1. The summed E-state index contributed by atoms with van der Waals surface area (Å²) >= 11 is 5.87. The minimum Gasteiger partial charge on any atom is -0.462 e. The summed E-state index contributed by atoms with van der Waals surface area (Å²) < 4.78 is 5.00. The van der Waals surface area contributed by atoms with Crippen molar-refractivity contribution >= 4 is 23.3 Å². The largest absolute Gasteiger partial charge is 0.462 e. The first-order valence-electron chi connectivity index (χ1n) is 6.00. The van der Waals surface area contributed by atoms with Crippen LogP contribution in [0.1, 0.15) is 23.7 Å². The third-order valence-corrected chi connectivity index (χ3v) is 2.99. The lowest BCUT2D eigenvalue weighted by molar-refractivity contribution is 0.0527. The van der Waals surface area contributed by atoms with Gasteiger partial charge in [-0.25, -0.2) is 9.78 Å². The van der Waals surface area contributed by atoms with Crippen LogP contribution >= 0.6 is 11.6 Å². The van der Waals surface area contributed by atoms with Gasteiger partial charge in [0.1, 0.15) is 10.7 Å². The van der Waals surface area contributed by atoms with Crippen LogP contribution in [-0.4, -0.2) is 36.7 Å². The first-order valence-corrected chi connectivity index (χ1v) is 6.38. The molecule has 2 heterocycles. The molecule has 6 heteroatoms. The van der Waals surface area contributed by atoms with Crippen molar-refractivity contribution < 1.29 is 9.53 Å². The predicted molar refractivity (Wildman–Crippen MR) is 70.1 cm³/mol. The highest BCUT2D eigenvalue weighted by atomic mass is 35.5. The first kappa shape index (κ1) is 13.1. The van der Waals surface area contributed by atoms with Crippen LogP contribution in [0.4, 0.5) is 5.69 Å². The molecule has 1 fully saturated rings. The number of esters is 1. The number of aromatic nitrogens is 1. The molecular formula is C12H16ClN3O2. The number of nitrogens with one attached hydrogen (secondary N) is 2. The average Bonchev–Trinajstić information content (AvgIpc) is 2.82. The number of hydrogen-bond acceptors (Lipinski definition) is 5. The second kappa shape index (κ2) is 6.02. The molecule has 1 aliphatic heterocycles. The van der Waals surface area contributed by atoms with Gasteiger partial charge in [0.05, 0.1) is 12.3 Å². The molecule has 5 nitrogen and oxygen atoms in total. The summed E-state index contributed by atoms with van der Waals surface area (Å²) in [5.41, 5.74) is 1.11. The fraction of sp³-hybridized carbons (Fsp3) is 0.500. The fourth-order valence-corrected chi connectivity index (χ4v) is 2.08. The van der Waals surface area contributed by atoms with Gasteiger partial charge < -0.3 is 15.4 Å². The van der Waals surface area contributed by atoms with E-state index < -0.39 is 0 Å². The number of carbonyl (C=O) groups excluding carboxylic acids is 1. The Kier molecular flexibility index (Phi) is 4.38. The Labute approximate surface area is 111 Å². The third kappa shape index (κ3) is 3.11. The zero-order chi connectivity index (χ0) is 13.0. The molecule has 0 bridgehead atoms. The van der Waals surface area contributed by atoms with Gasteiger partial charge in [-0.05, 0) is 26.0 Å². The number of pyridine rings is 1. The topological polar surface area (TPSA) is 63.2 Å². The zero-order valence-corrected chi connectivity index (χ0v) is 11.0. The van der Waals surface area contributed by atoms with E-state index in [9.17, 15) is 4.79 Å². The summed E-state index contributed by atoms with van der Waals surface area (Å²) in [5.74, 6) is -0.380. The van der Waals surface area contributed by atoms with Crippen LogP contribution in [0.2, 0.25) is 5.15 Å². The highest BCUT2D eigenvalue weighted by molar-refractivity contribution is 6.29. The van der Waals surface area contributed by atoms with Gasteiger partial charge in [0, 0.05) is 18.8 Å². The van der Waals surface area contributed by atoms with Gasteiger partial charge in [-0.3, -0.25) is 0 Å². The Morgan fingerprint density at radius 1 is 1.72 bits per heavy atom. The van der Waals surface area contributed by atoms with E-state index >= 15 is 0 Å². The second-order valence-electron chi connectivity index (χ2n) is 4.11. The number of hydrogen-bond donors (Lipinski definition) is 2. The summed E-state index contributed by atoms with van der Waals surface area (Å²) in [6.07, 6.45) is 2.47. The standard InChI is InChI=1S/C12H16ClN3O2/c1-2-18-12(17)9-7-15-11(13)5-10(9)16-8-3-4-14-6-8/h5,7-8,14H,2-4,6H2,1H3,(H,15,16)/t8-/m0/s1. The Morgan fingerprint density at radius 2 is 2.56 bits per heavy atom.